The van der Waals surface area contributed by atoms with Gasteiger partial charge < -0.3 is 15.4 Å². The molecule has 0 radical (unpaired) electrons. The van der Waals surface area contributed by atoms with E-state index in [0.29, 0.717) is 19.6 Å². The van der Waals surface area contributed by atoms with Gasteiger partial charge in [0.15, 0.2) is 5.96 Å². The van der Waals surface area contributed by atoms with Crippen molar-refractivity contribution in [3.05, 3.63) is 29.8 Å². The zero-order chi connectivity index (χ0) is 21.5. The first kappa shape index (κ1) is 27.0. The van der Waals surface area contributed by atoms with E-state index in [1.54, 1.807) is 11.2 Å². The molecule has 0 bridgehead atoms. The molecule has 9 heteroatoms. The summed E-state index contributed by atoms with van der Waals surface area (Å²) < 4.78 is 31.7. The second kappa shape index (κ2) is 12.1. The Kier molecular flexibility index (Phi) is 10.9. The van der Waals surface area contributed by atoms with Crippen molar-refractivity contribution in [2.24, 2.45) is 4.99 Å². The first-order chi connectivity index (χ1) is 13.6. The number of nitrogens with zero attached hydrogens (tertiary/aromatic N) is 2. The molecule has 2 rings (SSSR count). The third kappa shape index (κ3) is 8.58. The number of hydrogen-bond acceptors (Lipinski definition) is 4. The van der Waals surface area contributed by atoms with Gasteiger partial charge in [-0.05, 0) is 53.5 Å². The lowest BCUT2D eigenvalue weighted by Gasteiger charge is -2.32. The van der Waals surface area contributed by atoms with Gasteiger partial charge in [0.2, 0.25) is 10.0 Å². The Labute approximate surface area is 199 Å². The Morgan fingerprint density at radius 2 is 1.83 bits per heavy atom. The van der Waals surface area contributed by atoms with Crippen molar-refractivity contribution in [1.82, 2.24) is 14.9 Å². The Balaban J connectivity index is 0.00000450. The van der Waals surface area contributed by atoms with Gasteiger partial charge in [0.25, 0.3) is 0 Å². The lowest BCUT2D eigenvalue weighted by Crippen LogP contribution is -2.50. The number of benzene rings is 1. The molecule has 1 fully saturated rings. The standard InChI is InChI=1S/C21H36N4O3S.HI/c1-6-22-20(24-18-12-14-25(15-13-18)29(26,27)7-2)23-16-17-10-8-9-11-19(17)28-21(3,4)5;/h8-11,18H,6-7,12-16H2,1-5H3,(H2,22,23,24);1H. The van der Waals surface area contributed by atoms with E-state index >= 15 is 0 Å². The first-order valence-corrected chi connectivity index (χ1v) is 12.0. The predicted octanol–water partition coefficient (Wildman–Crippen LogP) is 3.35. The van der Waals surface area contributed by atoms with E-state index in [2.05, 4.69) is 10.6 Å². The minimum absolute atomic E-state index is 0. The molecule has 0 aliphatic carbocycles. The summed E-state index contributed by atoms with van der Waals surface area (Å²) in [6, 6.07) is 8.17. The average Bonchev–Trinajstić information content (AvgIpc) is 2.66. The van der Waals surface area contributed by atoms with Crippen LogP contribution in [-0.4, -0.2) is 55.7 Å². The zero-order valence-electron chi connectivity index (χ0n) is 18.8. The molecule has 172 valence electrons. The van der Waals surface area contributed by atoms with E-state index in [1.165, 1.54) is 0 Å². The molecule has 1 heterocycles. The number of sulfonamides is 1. The smallest absolute Gasteiger partial charge is 0.213 e. The lowest BCUT2D eigenvalue weighted by atomic mass is 10.1. The van der Waals surface area contributed by atoms with Crippen molar-refractivity contribution in [1.29, 1.82) is 0 Å². The van der Waals surface area contributed by atoms with Gasteiger partial charge in [0.1, 0.15) is 11.4 Å². The molecule has 2 N–H and O–H groups in total. The van der Waals surface area contributed by atoms with E-state index < -0.39 is 10.0 Å². The fourth-order valence-electron chi connectivity index (χ4n) is 3.20. The lowest BCUT2D eigenvalue weighted by molar-refractivity contribution is 0.129. The molecule has 0 amide bonds. The van der Waals surface area contributed by atoms with Gasteiger partial charge in [-0.3, -0.25) is 0 Å². The molecule has 30 heavy (non-hydrogen) atoms. The topological polar surface area (TPSA) is 83.0 Å². The highest BCUT2D eigenvalue weighted by atomic mass is 127. The molecule has 1 aliphatic heterocycles. The number of nitrogens with one attached hydrogen (secondary N) is 2. The van der Waals surface area contributed by atoms with Crippen LogP contribution in [-0.2, 0) is 16.6 Å². The normalized spacial score (nSPS) is 16.6. The summed E-state index contributed by atoms with van der Waals surface area (Å²) in [5, 5.41) is 6.75. The minimum Gasteiger partial charge on any atom is -0.488 e. The minimum atomic E-state index is -3.10. The summed E-state index contributed by atoms with van der Waals surface area (Å²) in [6.45, 7) is 12.2. The first-order valence-electron chi connectivity index (χ1n) is 10.4. The summed E-state index contributed by atoms with van der Waals surface area (Å²) in [5.41, 5.74) is 0.763. The molecule has 0 atom stereocenters. The molecule has 1 saturated heterocycles. The third-order valence-electron chi connectivity index (χ3n) is 4.69. The largest absolute Gasteiger partial charge is 0.488 e. The van der Waals surface area contributed by atoms with Crippen molar-refractivity contribution >= 4 is 40.0 Å². The maximum absolute atomic E-state index is 12.0. The van der Waals surface area contributed by atoms with Crippen molar-refractivity contribution < 1.29 is 13.2 Å². The third-order valence-corrected chi connectivity index (χ3v) is 6.57. The summed E-state index contributed by atoms with van der Waals surface area (Å²) in [6.07, 6.45) is 1.54. The Morgan fingerprint density at radius 3 is 2.40 bits per heavy atom. The number of piperidine rings is 1. The molecular weight excluding hydrogens is 515 g/mol. The van der Waals surface area contributed by atoms with E-state index in [4.69, 9.17) is 9.73 Å². The maximum atomic E-state index is 12.0. The molecule has 7 nitrogen and oxygen atoms in total. The zero-order valence-corrected chi connectivity index (χ0v) is 21.9. The molecule has 1 aromatic carbocycles. The number of guanidine groups is 1. The van der Waals surface area contributed by atoms with Crippen molar-refractivity contribution in [3.8, 4) is 5.75 Å². The van der Waals surface area contributed by atoms with Crippen LogP contribution in [0.3, 0.4) is 0 Å². The molecule has 0 spiro atoms. The van der Waals surface area contributed by atoms with Crippen LogP contribution in [0.15, 0.2) is 29.3 Å². The van der Waals surface area contributed by atoms with Crippen LogP contribution in [0.1, 0.15) is 53.0 Å². The predicted molar refractivity (Wildman–Crippen MR) is 134 cm³/mol. The van der Waals surface area contributed by atoms with Gasteiger partial charge in [0, 0.05) is 31.2 Å². The van der Waals surface area contributed by atoms with E-state index in [9.17, 15) is 8.42 Å². The van der Waals surface area contributed by atoms with Crippen molar-refractivity contribution in [2.75, 3.05) is 25.4 Å². The summed E-state index contributed by atoms with van der Waals surface area (Å²) in [7, 11) is -3.10. The van der Waals surface area contributed by atoms with Crippen LogP contribution in [0.4, 0.5) is 0 Å². The van der Waals surface area contributed by atoms with Crippen LogP contribution in [0.2, 0.25) is 0 Å². The molecular formula is C21H37IN4O3S. The Morgan fingerprint density at radius 1 is 1.20 bits per heavy atom. The summed E-state index contributed by atoms with van der Waals surface area (Å²) in [5.74, 6) is 1.75. The maximum Gasteiger partial charge on any atom is 0.213 e. The number of rotatable bonds is 7. The molecule has 0 aromatic heterocycles. The van der Waals surface area contributed by atoms with Crippen LogP contribution in [0, 0.1) is 0 Å². The van der Waals surface area contributed by atoms with Gasteiger partial charge in [-0.15, -0.1) is 24.0 Å². The van der Waals surface area contributed by atoms with Crippen LogP contribution < -0.4 is 15.4 Å². The van der Waals surface area contributed by atoms with Gasteiger partial charge in [0.05, 0.1) is 12.3 Å². The highest BCUT2D eigenvalue weighted by Gasteiger charge is 2.27. The summed E-state index contributed by atoms with van der Waals surface area (Å²) in [4.78, 5) is 4.74. The quantitative estimate of drug-likeness (QED) is 0.308. The molecule has 1 aliphatic rings. The summed E-state index contributed by atoms with van der Waals surface area (Å²) >= 11 is 0. The SMILES string of the molecule is CCNC(=NCc1ccccc1OC(C)(C)C)NC1CCN(S(=O)(=O)CC)CC1.I. The van der Waals surface area contributed by atoms with Crippen LogP contribution >= 0.6 is 24.0 Å². The van der Waals surface area contributed by atoms with Crippen molar-refractivity contribution in [3.63, 3.8) is 0 Å². The van der Waals surface area contributed by atoms with Crippen LogP contribution in [0.25, 0.3) is 0 Å². The fraction of sp³-hybridized carbons (Fsp3) is 0.667. The van der Waals surface area contributed by atoms with Crippen LogP contribution in [0.5, 0.6) is 5.75 Å². The van der Waals surface area contributed by atoms with Crippen molar-refractivity contribution in [2.45, 2.75) is 65.6 Å². The number of ether oxygens (including phenoxy) is 1. The van der Waals surface area contributed by atoms with Gasteiger partial charge >= 0.3 is 0 Å². The average molecular weight is 553 g/mol. The Hall–Kier alpha value is -1.07. The number of aliphatic imine (C=N–C) groups is 1. The second-order valence-electron chi connectivity index (χ2n) is 8.24. The Bertz CT molecular complexity index is 786. The molecule has 0 saturated carbocycles. The molecule has 0 unspecified atom stereocenters. The number of para-hydroxylation sites is 1. The van der Waals surface area contributed by atoms with Gasteiger partial charge in [-0.25, -0.2) is 17.7 Å². The highest BCUT2D eigenvalue weighted by Crippen LogP contribution is 2.23. The van der Waals surface area contributed by atoms with E-state index in [-0.39, 0.29) is 41.4 Å². The fourth-order valence-corrected chi connectivity index (χ4v) is 4.33. The number of halogens is 1. The molecule has 1 aromatic rings. The highest BCUT2D eigenvalue weighted by molar-refractivity contribution is 14.0. The second-order valence-corrected chi connectivity index (χ2v) is 10.5. The van der Waals surface area contributed by atoms with E-state index in [0.717, 1.165) is 36.7 Å². The monoisotopic (exact) mass is 552 g/mol. The van der Waals surface area contributed by atoms with E-state index in [1.807, 2.05) is 52.0 Å². The van der Waals surface area contributed by atoms with Gasteiger partial charge in [-0.1, -0.05) is 18.2 Å². The van der Waals surface area contributed by atoms with Gasteiger partial charge in [-0.2, -0.15) is 0 Å². The number of hydrogen-bond donors (Lipinski definition) is 2.